The van der Waals surface area contributed by atoms with Crippen molar-refractivity contribution in [2.24, 2.45) is 5.92 Å². The van der Waals surface area contributed by atoms with Crippen LogP contribution in [0.2, 0.25) is 0 Å². The molecule has 1 heterocycles. The standard InChI is InChI=1S/C10H12FNO2/c1-6(7(2)10(13)14)9-4-3-8(11)5-12-9/h3-7H,1-2H3,(H,13,14). The summed E-state index contributed by atoms with van der Waals surface area (Å²) in [6.07, 6.45) is 1.10. The Bertz CT molecular complexity index is 323. The van der Waals surface area contributed by atoms with Gasteiger partial charge in [-0.15, -0.1) is 0 Å². The molecule has 0 spiro atoms. The molecule has 0 radical (unpaired) electrons. The number of hydrogen-bond donors (Lipinski definition) is 1. The van der Waals surface area contributed by atoms with Gasteiger partial charge in [0.2, 0.25) is 0 Å². The van der Waals surface area contributed by atoms with Crippen molar-refractivity contribution in [3.63, 3.8) is 0 Å². The number of carboxylic acid groups (broad SMARTS) is 1. The first-order valence-electron chi connectivity index (χ1n) is 4.36. The van der Waals surface area contributed by atoms with Crippen molar-refractivity contribution in [2.45, 2.75) is 19.8 Å². The summed E-state index contributed by atoms with van der Waals surface area (Å²) in [6.45, 7) is 3.37. The molecular formula is C10H12FNO2. The molecule has 0 aliphatic heterocycles. The summed E-state index contributed by atoms with van der Waals surface area (Å²) < 4.78 is 12.5. The van der Waals surface area contributed by atoms with Crippen molar-refractivity contribution in [3.05, 3.63) is 29.8 Å². The third-order valence-electron chi connectivity index (χ3n) is 2.36. The van der Waals surface area contributed by atoms with E-state index in [2.05, 4.69) is 4.98 Å². The van der Waals surface area contributed by atoms with Gasteiger partial charge in [-0.2, -0.15) is 0 Å². The summed E-state index contributed by atoms with van der Waals surface area (Å²) in [5, 5.41) is 8.77. The van der Waals surface area contributed by atoms with Crippen molar-refractivity contribution in [3.8, 4) is 0 Å². The number of aromatic nitrogens is 1. The fourth-order valence-corrected chi connectivity index (χ4v) is 1.13. The van der Waals surface area contributed by atoms with Gasteiger partial charge in [-0.3, -0.25) is 9.78 Å². The minimum absolute atomic E-state index is 0.215. The predicted octanol–water partition coefficient (Wildman–Crippen LogP) is 2.04. The van der Waals surface area contributed by atoms with Gasteiger partial charge in [-0.1, -0.05) is 13.8 Å². The molecule has 2 atom stereocenters. The Hall–Kier alpha value is -1.45. The lowest BCUT2D eigenvalue weighted by Gasteiger charge is -2.14. The summed E-state index contributed by atoms with van der Waals surface area (Å²) in [5.74, 6) is -2.02. The number of aliphatic carboxylic acids is 1. The van der Waals surface area contributed by atoms with Crippen molar-refractivity contribution in [2.75, 3.05) is 0 Å². The topological polar surface area (TPSA) is 50.2 Å². The normalized spacial score (nSPS) is 14.8. The van der Waals surface area contributed by atoms with E-state index in [0.29, 0.717) is 5.69 Å². The molecule has 0 saturated heterocycles. The first-order chi connectivity index (χ1) is 6.52. The van der Waals surface area contributed by atoms with E-state index in [1.54, 1.807) is 13.8 Å². The predicted molar refractivity (Wildman–Crippen MR) is 49.4 cm³/mol. The van der Waals surface area contributed by atoms with Crippen LogP contribution in [0.4, 0.5) is 4.39 Å². The zero-order valence-corrected chi connectivity index (χ0v) is 8.07. The molecule has 0 saturated carbocycles. The van der Waals surface area contributed by atoms with Gasteiger partial charge in [-0.25, -0.2) is 4.39 Å². The number of hydrogen-bond acceptors (Lipinski definition) is 2. The lowest BCUT2D eigenvalue weighted by Crippen LogP contribution is -2.17. The minimum Gasteiger partial charge on any atom is -0.481 e. The van der Waals surface area contributed by atoms with Crippen LogP contribution in [0.15, 0.2) is 18.3 Å². The number of nitrogens with zero attached hydrogens (tertiary/aromatic N) is 1. The smallest absolute Gasteiger partial charge is 0.306 e. The second kappa shape index (κ2) is 4.17. The number of pyridine rings is 1. The third kappa shape index (κ3) is 2.28. The van der Waals surface area contributed by atoms with Crippen LogP contribution in [-0.2, 0) is 4.79 Å². The summed E-state index contributed by atoms with van der Waals surface area (Å²) in [7, 11) is 0. The monoisotopic (exact) mass is 197 g/mol. The average molecular weight is 197 g/mol. The Morgan fingerprint density at radius 3 is 2.57 bits per heavy atom. The van der Waals surface area contributed by atoms with Crippen LogP contribution >= 0.6 is 0 Å². The SMILES string of the molecule is CC(C(=O)O)C(C)c1ccc(F)cn1. The Labute approximate surface area is 81.6 Å². The maximum atomic E-state index is 12.5. The van der Waals surface area contributed by atoms with E-state index in [9.17, 15) is 9.18 Å². The lowest BCUT2D eigenvalue weighted by molar-refractivity contribution is -0.141. The number of halogens is 1. The van der Waals surface area contributed by atoms with Gasteiger partial charge in [0.05, 0.1) is 12.1 Å². The Morgan fingerprint density at radius 1 is 1.50 bits per heavy atom. The molecule has 1 rings (SSSR count). The molecule has 0 fully saturated rings. The van der Waals surface area contributed by atoms with Crippen molar-refractivity contribution < 1.29 is 14.3 Å². The van der Waals surface area contributed by atoms with Crippen LogP contribution in [-0.4, -0.2) is 16.1 Å². The maximum Gasteiger partial charge on any atom is 0.306 e. The molecule has 76 valence electrons. The highest BCUT2D eigenvalue weighted by Crippen LogP contribution is 2.22. The fraction of sp³-hybridized carbons (Fsp3) is 0.400. The molecule has 0 aliphatic carbocycles. The molecule has 3 nitrogen and oxygen atoms in total. The van der Waals surface area contributed by atoms with Gasteiger partial charge >= 0.3 is 5.97 Å². The van der Waals surface area contributed by atoms with Crippen molar-refractivity contribution >= 4 is 5.97 Å². The third-order valence-corrected chi connectivity index (χ3v) is 2.36. The summed E-state index contributed by atoms with van der Waals surface area (Å²) in [5.41, 5.74) is 0.598. The van der Waals surface area contributed by atoms with Crippen LogP contribution in [0.3, 0.4) is 0 Å². The van der Waals surface area contributed by atoms with E-state index in [0.717, 1.165) is 6.20 Å². The molecule has 0 aromatic carbocycles. The van der Waals surface area contributed by atoms with Gasteiger partial charge in [0.15, 0.2) is 0 Å². The zero-order chi connectivity index (χ0) is 10.7. The Morgan fingerprint density at radius 2 is 2.14 bits per heavy atom. The molecule has 2 unspecified atom stereocenters. The largest absolute Gasteiger partial charge is 0.481 e. The second-order valence-corrected chi connectivity index (χ2v) is 3.32. The minimum atomic E-state index is -0.872. The Balaban J connectivity index is 2.84. The lowest BCUT2D eigenvalue weighted by atomic mass is 9.93. The van der Waals surface area contributed by atoms with Crippen LogP contribution in [0, 0.1) is 11.7 Å². The van der Waals surface area contributed by atoms with E-state index in [4.69, 9.17) is 5.11 Å². The number of carboxylic acids is 1. The van der Waals surface area contributed by atoms with E-state index < -0.39 is 17.7 Å². The highest BCUT2D eigenvalue weighted by molar-refractivity contribution is 5.70. The highest BCUT2D eigenvalue weighted by Gasteiger charge is 2.21. The fourth-order valence-electron chi connectivity index (χ4n) is 1.13. The van der Waals surface area contributed by atoms with Gasteiger partial charge in [0, 0.05) is 11.6 Å². The van der Waals surface area contributed by atoms with E-state index in [-0.39, 0.29) is 5.92 Å². The van der Waals surface area contributed by atoms with Crippen LogP contribution < -0.4 is 0 Å². The molecular weight excluding hydrogens is 185 g/mol. The van der Waals surface area contributed by atoms with Gasteiger partial charge in [-0.05, 0) is 12.1 Å². The van der Waals surface area contributed by atoms with Gasteiger partial charge < -0.3 is 5.11 Å². The van der Waals surface area contributed by atoms with Gasteiger partial charge in [0.1, 0.15) is 5.82 Å². The molecule has 1 N–H and O–H groups in total. The Kier molecular flexibility index (Phi) is 3.17. The number of rotatable bonds is 3. The van der Waals surface area contributed by atoms with Gasteiger partial charge in [0.25, 0.3) is 0 Å². The zero-order valence-electron chi connectivity index (χ0n) is 8.07. The molecule has 0 aliphatic rings. The second-order valence-electron chi connectivity index (χ2n) is 3.32. The van der Waals surface area contributed by atoms with Crippen molar-refractivity contribution in [1.29, 1.82) is 0 Å². The maximum absolute atomic E-state index is 12.5. The first-order valence-corrected chi connectivity index (χ1v) is 4.36. The molecule has 0 bridgehead atoms. The van der Waals surface area contributed by atoms with E-state index in [1.807, 2.05) is 0 Å². The van der Waals surface area contributed by atoms with Crippen LogP contribution in [0.25, 0.3) is 0 Å². The summed E-state index contributed by atoms with van der Waals surface area (Å²) >= 11 is 0. The molecule has 0 amide bonds. The first kappa shape index (κ1) is 10.6. The highest BCUT2D eigenvalue weighted by atomic mass is 19.1. The molecule has 4 heteroatoms. The average Bonchev–Trinajstić information content (AvgIpc) is 2.16. The van der Waals surface area contributed by atoms with Crippen LogP contribution in [0.5, 0.6) is 0 Å². The summed E-state index contributed by atoms with van der Waals surface area (Å²) in [4.78, 5) is 14.5. The summed E-state index contributed by atoms with van der Waals surface area (Å²) in [6, 6.07) is 2.80. The van der Waals surface area contributed by atoms with Crippen LogP contribution in [0.1, 0.15) is 25.5 Å². The molecule has 1 aromatic heterocycles. The number of carbonyl (C=O) groups is 1. The quantitative estimate of drug-likeness (QED) is 0.806. The van der Waals surface area contributed by atoms with Crippen molar-refractivity contribution in [1.82, 2.24) is 4.98 Å². The molecule has 14 heavy (non-hydrogen) atoms. The van der Waals surface area contributed by atoms with E-state index >= 15 is 0 Å². The molecule has 1 aromatic rings. The van der Waals surface area contributed by atoms with E-state index in [1.165, 1.54) is 12.1 Å².